The van der Waals surface area contributed by atoms with Crippen LogP contribution >= 0.6 is 0 Å². The topological polar surface area (TPSA) is 41.6 Å². The molecule has 0 aromatic heterocycles. The van der Waals surface area contributed by atoms with Crippen LogP contribution in [0.2, 0.25) is 0 Å². The number of carbonyl (C=O) groups is 1. The van der Waals surface area contributed by atoms with E-state index in [9.17, 15) is 4.79 Å². The van der Waals surface area contributed by atoms with Crippen molar-refractivity contribution in [2.75, 3.05) is 18.9 Å². The summed E-state index contributed by atoms with van der Waals surface area (Å²) in [6.07, 6.45) is 4.31. The molecule has 1 heterocycles. The number of anilines is 1. The highest BCUT2D eigenvalue weighted by Crippen LogP contribution is 2.29. The van der Waals surface area contributed by atoms with E-state index in [1.54, 1.807) is 0 Å². The number of nitrogens with one attached hydrogen (secondary N) is 1. The minimum atomic E-state index is -0.402. The van der Waals surface area contributed by atoms with E-state index in [4.69, 9.17) is 4.74 Å². The van der Waals surface area contributed by atoms with E-state index < -0.39 is 6.10 Å². The van der Waals surface area contributed by atoms with Gasteiger partial charge in [0, 0.05) is 13.1 Å². The summed E-state index contributed by atoms with van der Waals surface area (Å²) in [6.45, 7) is 0.549. The fourth-order valence-corrected chi connectivity index (χ4v) is 2.95. The van der Waals surface area contributed by atoms with Crippen molar-refractivity contribution in [1.82, 2.24) is 4.90 Å². The Kier molecular flexibility index (Phi) is 3.32. The number of amides is 1. The second-order valence-corrected chi connectivity index (χ2v) is 5.37. The number of carbonyl (C=O) groups excluding carboxylic acids is 1. The molecule has 1 fully saturated rings. The average Bonchev–Trinajstić information content (AvgIpc) is 2.99. The maximum absolute atomic E-state index is 12.5. The summed E-state index contributed by atoms with van der Waals surface area (Å²) in [5, 5.41) is 3.27. The summed E-state index contributed by atoms with van der Waals surface area (Å²) in [5.74, 6) is 0.862. The van der Waals surface area contributed by atoms with Crippen LogP contribution in [-0.2, 0) is 4.79 Å². The van der Waals surface area contributed by atoms with Crippen LogP contribution in [0.3, 0.4) is 0 Å². The number of nitrogens with zero attached hydrogens (tertiary/aromatic N) is 1. The third-order valence-electron chi connectivity index (χ3n) is 4.13. The molecular weight excluding hydrogens is 240 g/mol. The fourth-order valence-electron chi connectivity index (χ4n) is 2.95. The molecule has 1 aromatic carbocycles. The first-order chi connectivity index (χ1) is 9.25. The van der Waals surface area contributed by atoms with Crippen molar-refractivity contribution in [3.8, 4) is 5.75 Å². The number of fused-ring (bicyclic) bond motifs is 1. The van der Waals surface area contributed by atoms with Crippen LogP contribution in [0.4, 0.5) is 5.69 Å². The van der Waals surface area contributed by atoms with Crippen molar-refractivity contribution >= 4 is 11.6 Å². The molecule has 0 spiro atoms. The second kappa shape index (κ2) is 5.11. The molecule has 1 aromatic rings. The summed E-state index contributed by atoms with van der Waals surface area (Å²) in [4.78, 5) is 14.3. The molecule has 102 valence electrons. The molecule has 19 heavy (non-hydrogen) atoms. The predicted octanol–water partition coefficient (Wildman–Crippen LogP) is 2.26. The minimum absolute atomic E-state index is 0.0916. The molecule has 1 atom stereocenters. The van der Waals surface area contributed by atoms with Crippen molar-refractivity contribution < 1.29 is 9.53 Å². The number of hydrogen-bond donors (Lipinski definition) is 1. The first-order valence-electron chi connectivity index (χ1n) is 7.02. The second-order valence-electron chi connectivity index (χ2n) is 5.37. The van der Waals surface area contributed by atoms with Crippen LogP contribution in [0.1, 0.15) is 25.7 Å². The molecule has 2 aliphatic rings. The lowest BCUT2D eigenvalue weighted by atomic mass is 10.1. The Labute approximate surface area is 113 Å². The highest BCUT2D eigenvalue weighted by molar-refractivity contribution is 5.83. The van der Waals surface area contributed by atoms with E-state index in [-0.39, 0.29) is 5.91 Å². The molecule has 3 rings (SSSR count). The van der Waals surface area contributed by atoms with Crippen LogP contribution in [0, 0.1) is 0 Å². The van der Waals surface area contributed by atoms with E-state index in [0.29, 0.717) is 12.6 Å². The Balaban J connectivity index is 1.68. The Morgan fingerprint density at radius 1 is 1.32 bits per heavy atom. The zero-order chi connectivity index (χ0) is 13.2. The number of rotatable bonds is 2. The van der Waals surface area contributed by atoms with Crippen LogP contribution in [-0.4, -0.2) is 36.5 Å². The zero-order valence-electron chi connectivity index (χ0n) is 11.3. The molecule has 1 unspecified atom stereocenters. The molecule has 1 aliphatic carbocycles. The number of hydrogen-bond acceptors (Lipinski definition) is 3. The van der Waals surface area contributed by atoms with Gasteiger partial charge in [0.05, 0.1) is 12.2 Å². The lowest BCUT2D eigenvalue weighted by Crippen LogP contribution is -2.48. The zero-order valence-corrected chi connectivity index (χ0v) is 11.3. The summed E-state index contributed by atoms with van der Waals surface area (Å²) < 4.78 is 5.82. The predicted molar refractivity (Wildman–Crippen MR) is 74.4 cm³/mol. The number of para-hydroxylation sites is 2. The van der Waals surface area contributed by atoms with Gasteiger partial charge in [-0.15, -0.1) is 0 Å². The first-order valence-corrected chi connectivity index (χ1v) is 7.02. The van der Waals surface area contributed by atoms with Crippen molar-refractivity contribution in [1.29, 1.82) is 0 Å². The summed E-state index contributed by atoms with van der Waals surface area (Å²) in [5.41, 5.74) is 0.968. The lowest BCUT2D eigenvalue weighted by Gasteiger charge is -2.32. The molecule has 1 saturated carbocycles. The van der Waals surface area contributed by atoms with Crippen LogP contribution in [0.5, 0.6) is 5.75 Å². The van der Waals surface area contributed by atoms with Gasteiger partial charge in [-0.2, -0.15) is 0 Å². The quantitative estimate of drug-likeness (QED) is 0.887. The van der Waals surface area contributed by atoms with Gasteiger partial charge < -0.3 is 15.0 Å². The van der Waals surface area contributed by atoms with Gasteiger partial charge in [0.25, 0.3) is 5.91 Å². The van der Waals surface area contributed by atoms with E-state index >= 15 is 0 Å². The molecule has 1 aliphatic heterocycles. The monoisotopic (exact) mass is 260 g/mol. The van der Waals surface area contributed by atoms with Gasteiger partial charge in [0.1, 0.15) is 5.75 Å². The third-order valence-corrected chi connectivity index (χ3v) is 4.13. The van der Waals surface area contributed by atoms with E-state index in [2.05, 4.69) is 5.32 Å². The largest absolute Gasteiger partial charge is 0.477 e. The summed E-state index contributed by atoms with van der Waals surface area (Å²) >= 11 is 0. The van der Waals surface area contributed by atoms with Gasteiger partial charge in [0.15, 0.2) is 6.10 Å². The van der Waals surface area contributed by atoms with Gasteiger partial charge in [-0.05, 0) is 25.0 Å². The number of ether oxygens (including phenoxy) is 1. The van der Waals surface area contributed by atoms with Gasteiger partial charge >= 0.3 is 0 Å². The third kappa shape index (κ3) is 2.39. The molecule has 0 saturated heterocycles. The normalized spacial score (nSPS) is 22.3. The van der Waals surface area contributed by atoms with Crippen molar-refractivity contribution in [2.24, 2.45) is 0 Å². The van der Waals surface area contributed by atoms with Gasteiger partial charge in [-0.1, -0.05) is 25.0 Å². The van der Waals surface area contributed by atoms with E-state index in [1.165, 1.54) is 12.8 Å². The van der Waals surface area contributed by atoms with Crippen LogP contribution in [0.25, 0.3) is 0 Å². The first kappa shape index (κ1) is 12.3. The Morgan fingerprint density at radius 3 is 2.84 bits per heavy atom. The molecule has 0 bridgehead atoms. The highest BCUT2D eigenvalue weighted by atomic mass is 16.5. The van der Waals surface area contributed by atoms with Gasteiger partial charge in [-0.3, -0.25) is 4.79 Å². The molecule has 4 heteroatoms. The Morgan fingerprint density at radius 2 is 2.05 bits per heavy atom. The molecule has 1 N–H and O–H groups in total. The van der Waals surface area contributed by atoms with Crippen molar-refractivity contribution in [3.63, 3.8) is 0 Å². The smallest absolute Gasteiger partial charge is 0.265 e. The SMILES string of the molecule is CN(C(=O)C1CNc2ccccc2O1)C1CCCC1. The van der Waals surface area contributed by atoms with Crippen molar-refractivity contribution in [2.45, 2.75) is 37.8 Å². The standard InChI is InChI=1S/C15H20N2O2/c1-17(11-6-2-3-7-11)15(18)14-10-16-12-8-4-5-9-13(12)19-14/h4-5,8-9,11,14,16H,2-3,6-7,10H2,1H3. The average molecular weight is 260 g/mol. The number of benzene rings is 1. The summed E-state index contributed by atoms with van der Waals surface area (Å²) in [6, 6.07) is 8.15. The molecule has 0 radical (unpaired) electrons. The molecule has 1 amide bonds. The lowest BCUT2D eigenvalue weighted by molar-refractivity contribution is -0.139. The highest BCUT2D eigenvalue weighted by Gasteiger charge is 2.32. The summed E-state index contributed by atoms with van der Waals surface area (Å²) in [7, 11) is 1.90. The minimum Gasteiger partial charge on any atom is -0.477 e. The molecule has 4 nitrogen and oxygen atoms in total. The van der Waals surface area contributed by atoms with Crippen molar-refractivity contribution in [3.05, 3.63) is 24.3 Å². The Hall–Kier alpha value is -1.71. The van der Waals surface area contributed by atoms with Crippen LogP contribution in [0.15, 0.2) is 24.3 Å². The maximum Gasteiger partial charge on any atom is 0.265 e. The number of likely N-dealkylation sites (N-methyl/N-ethyl adjacent to an activating group) is 1. The Bertz CT molecular complexity index is 469. The van der Waals surface area contributed by atoms with Crippen LogP contribution < -0.4 is 10.1 Å². The van der Waals surface area contributed by atoms with Gasteiger partial charge in [0.2, 0.25) is 0 Å². The fraction of sp³-hybridized carbons (Fsp3) is 0.533. The van der Waals surface area contributed by atoms with E-state index in [1.807, 2.05) is 36.2 Å². The maximum atomic E-state index is 12.5. The molecular formula is C15H20N2O2. The van der Waals surface area contributed by atoms with Gasteiger partial charge in [-0.25, -0.2) is 0 Å². The van der Waals surface area contributed by atoms with E-state index in [0.717, 1.165) is 24.3 Å².